The third-order valence-corrected chi connectivity index (χ3v) is 21.4. The van der Waals surface area contributed by atoms with E-state index >= 15 is 8.78 Å². The Morgan fingerprint density at radius 2 is 1.49 bits per heavy atom. The van der Waals surface area contributed by atoms with Gasteiger partial charge in [0, 0.05) is 85.3 Å². The molecular weight excluding hydrogens is 1390 g/mol. The number of rotatable bonds is 36. The molecule has 4 fully saturated rings. The number of ether oxygens (including phenoxy) is 7. The Hall–Kier alpha value is -8.36. The second kappa shape index (κ2) is 36.5. The molecule has 0 unspecified atom stereocenters. The van der Waals surface area contributed by atoms with Crippen molar-refractivity contribution >= 4 is 78.0 Å². The van der Waals surface area contributed by atoms with Gasteiger partial charge < -0.3 is 75.5 Å². The third-order valence-electron chi connectivity index (χ3n) is 21.4. The summed E-state index contributed by atoms with van der Waals surface area (Å²) in [6.07, 6.45) is -1.50. The lowest BCUT2D eigenvalue weighted by Crippen LogP contribution is -2.71. The van der Waals surface area contributed by atoms with Gasteiger partial charge in [-0.1, -0.05) is 100 Å². The zero-order chi connectivity index (χ0) is 75.2. The van der Waals surface area contributed by atoms with Crippen molar-refractivity contribution in [1.82, 2.24) is 36.3 Å². The molecule has 10 rings (SSSR count). The Labute approximate surface area is 622 Å². The standard InChI is InChI=1S/C76H98F2N10O17.H2S/c1-7-13-66-104-62-41-54-55-40-57(77)56-39-51(89)25-27-73(56,4)75(55,78)60(91)42-74(54,5)76(62,105-66)61(92)43-82-72(98)103-45-47-19-21-50(22-20-47)83-70(96)48(15-12-28-81-71(79)97)38-59(90)67(46(2)3)84-64(94)26-30-99-32-34-101-36-37-102-35-33-100-31-29-80-63(93)23-24-65(95)88-44-49-14-8-9-16-52(49)68-69(87(6)86-85-68)53-17-10-11-18-58(53)88;/h8-11,14,16-22,25,27,39,46,48,54-55,57,60,62,66-67,91H,7,12-13,15,23-24,26,28-38,40-45H2,1-6H3,(H,80,93)(H,82,98)(H,83,96)(H,84,94)(H3,79,81,97);1H2/t48-,54+,55+,57+,60+,62-,66+,67+,73+,74+,75+,76-;/m1./s1. The van der Waals surface area contributed by atoms with Crippen LogP contribution in [-0.2, 0) is 86.9 Å². The van der Waals surface area contributed by atoms with E-state index in [1.54, 1.807) is 54.6 Å². The molecule has 3 saturated carbocycles. The van der Waals surface area contributed by atoms with Crippen LogP contribution in [0.2, 0.25) is 0 Å². The molecule has 27 nitrogen and oxygen atoms in total. The van der Waals surface area contributed by atoms with Gasteiger partial charge in [0.25, 0.3) is 0 Å². The van der Waals surface area contributed by atoms with Crippen molar-refractivity contribution in [3.63, 3.8) is 0 Å². The molecule has 0 radical (unpaired) electrons. The highest BCUT2D eigenvalue weighted by atomic mass is 32.1. The number of allylic oxidation sites excluding steroid dienone is 4. The number of carbonyl (C=O) groups excluding carboxylic acids is 9. The van der Waals surface area contributed by atoms with Crippen LogP contribution in [0, 0.1) is 34.5 Å². The summed E-state index contributed by atoms with van der Waals surface area (Å²) >= 11 is 0. The van der Waals surface area contributed by atoms with Gasteiger partial charge in [0.1, 0.15) is 18.5 Å². The summed E-state index contributed by atoms with van der Waals surface area (Å²) in [5, 5.41) is 34.1. The number of aliphatic hydroxyl groups excluding tert-OH is 1. The fraction of sp³-hybridized carbons (Fsp3) is 0.566. The lowest BCUT2D eigenvalue weighted by atomic mass is 9.44. The second-order valence-corrected chi connectivity index (χ2v) is 28.5. The van der Waals surface area contributed by atoms with Crippen molar-refractivity contribution in [2.75, 3.05) is 82.7 Å². The largest absolute Gasteiger partial charge is 0.445 e. The van der Waals surface area contributed by atoms with E-state index in [-0.39, 0.29) is 153 Å². The molecule has 8 N–H and O–H groups in total. The van der Waals surface area contributed by atoms with E-state index in [1.807, 2.05) is 62.5 Å². The number of fused-ring (bicyclic) bond motifs is 12. The number of Topliss-reactive ketones (excluding diaryl/α,β-unsaturated/α-hetero) is 2. The summed E-state index contributed by atoms with van der Waals surface area (Å²) < 4.78 is 76.7. The number of primary amides is 1. The van der Waals surface area contributed by atoms with Crippen LogP contribution in [0.4, 0.5) is 29.7 Å². The topological polar surface area (TPSA) is 359 Å². The lowest BCUT2D eigenvalue weighted by Gasteiger charge is -2.63. The van der Waals surface area contributed by atoms with Crippen molar-refractivity contribution in [2.24, 2.45) is 47.3 Å². The normalized spacial score (nSPS) is 25.0. The minimum Gasteiger partial charge on any atom is -0.445 e. The molecule has 4 aliphatic carbocycles. The number of carbonyl (C=O) groups is 9. The molecule has 3 aromatic carbocycles. The number of hydrogen-bond acceptors (Lipinski definition) is 19. The molecule has 2 aliphatic heterocycles. The number of hydrogen-bond donors (Lipinski definition) is 7. The number of para-hydroxylation sites is 1. The number of aromatic nitrogens is 3. The van der Waals surface area contributed by atoms with E-state index in [0.29, 0.717) is 56.0 Å². The highest BCUT2D eigenvalue weighted by Gasteiger charge is 2.80. The summed E-state index contributed by atoms with van der Waals surface area (Å²) in [4.78, 5) is 121. The molecule has 1 saturated heterocycles. The van der Waals surface area contributed by atoms with Crippen molar-refractivity contribution in [2.45, 2.75) is 160 Å². The lowest BCUT2D eigenvalue weighted by molar-refractivity contribution is -0.233. The van der Waals surface area contributed by atoms with E-state index in [4.69, 9.17) is 38.9 Å². The van der Waals surface area contributed by atoms with Gasteiger partial charge in [0.2, 0.25) is 23.6 Å². The number of alkyl carbamates (subject to hydrolysis) is 1. The van der Waals surface area contributed by atoms with Crippen LogP contribution in [0.3, 0.4) is 0 Å². The number of urea groups is 1. The van der Waals surface area contributed by atoms with E-state index < -0.39 is 113 Å². The van der Waals surface area contributed by atoms with Gasteiger partial charge in [-0.2, -0.15) is 13.5 Å². The van der Waals surface area contributed by atoms with Gasteiger partial charge in [-0.25, -0.2) is 23.1 Å². The first-order valence-electron chi connectivity index (χ1n) is 36.3. The first kappa shape index (κ1) is 81.7. The number of alkyl halides is 2. The van der Waals surface area contributed by atoms with Crippen molar-refractivity contribution in [3.05, 3.63) is 108 Å². The van der Waals surface area contributed by atoms with Gasteiger partial charge in [-0.15, -0.1) is 5.10 Å². The van der Waals surface area contributed by atoms with Crippen molar-refractivity contribution in [1.29, 1.82) is 0 Å². The van der Waals surface area contributed by atoms with Crippen LogP contribution >= 0.6 is 13.5 Å². The Bertz CT molecular complexity index is 3880. The van der Waals surface area contributed by atoms with Gasteiger partial charge in [0.15, 0.2) is 34.9 Å². The van der Waals surface area contributed by atoms with Crippen LogP contribution in [0.1, 0.15) is 116 Å². The first-order valence-corrected chi connectivity index (χ1v) is 36.3. The zero-order valence-electron chi connectivity index (χ0n) is 60.9. The molecule has 0 spiro atoms. The molecular formula is C76H100F2N10O17S. The van der Waals surface area contributed by atoms with E-state index in [0.717, 1.165) is 34.2 Å². The van der Waals surface area contributed by atoms with Crippen molar-refractivity contribution in [3.8, 4) is 22.5 Å². The third kappa shape index (κ3) is 18.1. The number of aryl methyl sites for hydroxylation is 1. The Morgan fingerprint density at radius 1 is 0.811 bits per heavy atom. The number of amides is 7. The molecule has 7 amide bonds. The maximum atomic E-state index is 18.0. The fourth-order valence-electron chi connectivity index (χ4n) is 16.2. The molecule has 3 heterocycles. The monoisotopic (exact) mass is 1490 g/mol. The van der Waals surface area contributed by atoms with Crippen LogP contribution in [0.25, 0.3) is 22.5 Å². The van der Waals surface area contributed by atoms with Gasteiger partial charge in [-0.05, 0) is 104 Å². The molecule has 106 heavy (non-hydrogen) atoms. The number of aliphatic hydroxyl groups is 1. The zero-order valence-corrected chi connectivity index (χ0v) is 61.9. The highest BCUT2D eigenvalue weighted by Crippen LogP contribution is 2.72. The smallest absolute Gasteiger partial charge is 0.407 e. The summed E-state index contributed by atoms with van der Waals surface area (Å²) in [7, 11) is 1.82. The maximum Gasteiger partial charge on any atom is 0.407 e. The number of nitrogens with zero attached hydrogens (tertiary/aromatic N) is 4. The quantitative estimate of drug-likeness (QED) is 0.0220. The second-order valence-electron chi connectivity index (χ2n) is 28.5. The Kier molecular flexibility index (Phi) is 28.1. The minimum absolute atomic E-state index is 0. The predicted molar refractivity (Wildman–Crippen MR) is 390 cm³/mol. The van der Waals surface area contributed by atoms with E-state index in [2.05, 4.69) is 36.9 Å². The highest BCUT2D eigenvalue weighted by molar-refractivity contribution is 7.59. The van der Waals surface area contributed by atoms with E-state index in [1.165, 1.54) is 19.1 Å². The number of halogens is 2. The Morgan fingerprint density at radius 3 is 2.19 bits per heavy atom. The molecule has 576 valence electrons. The van der Waals surface area contributed by atoms with Crippen LogP contribution in [0.15, 0.2) is 96.6 Å². The summed E-state index contributed by atoms with van der Waals surface area (Å²) in [5.41, 5.74) is 4.00. The molecule has 12 atom stereocenters. The number of ketones is 3. The van der Waals surface area contributed by atoms with Gasteiger partial charge in [0.05, 0.1) is 95.6 Å². The average Bonchev–Trinajstić information content (AvgIpc) is 1.41. The van der Waals surface area contributed by atoms with Crippen LogP contribution in [-0.4, -0.2) is 188 Å². The summed E-state index contributed by atoms with van der Waals surface area (Å²) in [6.45, 7) is 10.5. The summed E-state index contributed by atoms with van der Waals surface area (Å²) in [6, 6.07) is 20.1. The average molecular weight is 1500 g/mol. The van der Waals surface area contributed by atoms with E-state index in [9.17, 15) is 48.3 Å². The molecule has 4 aromatic rings. The maximum absolute atomic E-state index is 18.0. The predicted octanol–water partition coefficient (Wildman–Crippen LogP) is 7.27. The SMILES string of the molecule is CCC[C@H]1O[C@@H]2C[C@H]3[C@@H]4C[C@H](F)C5=CC(=O)C=C[C@]5(C)[C@@]4(F)[C@@H](O)C[C@]3(C)[C@]2(C(=O)CNC(=O)OCc2ccc(NC(=O)[C@H](CCCNC(N)=O)CC(=O)[C@@H](NC(=O)CCOCCOCCOCCOCCNC(=O)CCC(=O)N3Cc4ccccc4-c4nnn(C)c4-c4ccccc43)C(C)C)cc2)O1.S. The molecule has 0 bridgehead atoms. The molecule has 30 heteroatoms. The number of benzene rings is 3. The summed E-state index contributed by atoms with van der Waals surface area (Å²) in [5.74, 6) is -5.81. The van der Waals surface area contributed by atoms with Gasteiger partial charge >= 0.3 is 12.1 Å². The van der Waals surface area contributed by atoms with Gasteiger partial charge in [-0.3, -0.25) is 33.6 Å². The number of nitrogens with one attached hydrogen (secondary N) is 5. The first-order chi connectivity index (χ1) is 50.3. The molecule has 1 aromatic heterocycles. The van der Waals surface area contributed by atoms with Crippen molar-refractivity contribution < 1.29 is 90.2 Å². The fourth-order valence-corrected chi connectivity index (χ4v) is 16.2. The number of anilines is 2. The Balaban J connectivity index is 0.0000130. The number of nitrogens with two attached hydrogens (primary N) is 1. The molecule has 6 aliphatic rings. The minimum atomic E-state index is -2.39. The van der Waals surface area contributed by atoms with Crippen LogP contribution in [0.5, 0.6) is 0 Å². The van der Waals surface area contributed by atoms with Crippen LogP contribution < -0.4 is 37.2 Å².